The van der Waals surface area contributed by atoms with Crippen molar-refractivity contribution in [3.8, 4) is 0 Å². The molecule has 0 aliphatic carbocycles. The van der Waals surface area contributed by atoms with Crippen molar-refractivity contribution in [1.29, 1.82) is 0 Å². The topological polar surface area (TPSA) is 63.3 Å². The molecule has 0 aromatic carbocycles. The van der Waals surface area contributed by atoms with Gasteiger partial charge in [-0.15, -0.1) is 0 Å². The quantitative estimate of drug-likeness (QED) is 0.521. The summed E-state index contributed by atoms with van der Waals surface area (Å²) in [7, 11) is 0. The van der Waals surface area contributed by atoms with Gasteiger partial charge in [0.25, 0.3) is 0 Å². The summed E-state index contributed by atoms with van der Waals surface area (Å²) < 4.78 is 10.9. The molecule has 0 heterocycles. The van der Waals surface area contributed by atoms with Crippen LogP contribution in [0.15, 0.2) is 0 Å². The van der Waals surface area contributed by atoms with Crippen LogP contribution in [0, 0.1) is 0 Å². The maximum atomic E-state index is 10.9. The Kier molecular flexibility index (Phi) is 5.96. The zero-order valence-electron chi connectivity index (χ0n) is 5.82. The maximum absolute atomic E-state index is 10.9. The first-order valence-electron chi connectivity index (χ1n) is 2.85. The van der Waals surface area contributed by atoms with E-state index in [0.29, 0.717) is 12.3 Å². The minimum atomic E-state index is -2.93. The van der Waals surface area contributed by atoms with E-state index in [0.717, 1.165) is 29.2 Å². The third-order valence-corrected chi connectivity index (χ3v) is 7.29. The maximum Gasteiger partial charge on any atom is 0.310 e. The average molecular weight is 201 g/mol. The van der Waals surface area contributed by atoms with Crippen molar-refractivity contribution in [3.05, 3.63) is 0 Å². The highest BCUT2D eigenvalue weighted by molar-refractivity contribution is 8.88. The van der Waals surface area contributed by atoms with Crippen molar-refractivity contribution in [2.24, 2.45) is 5.73 Å². The molecule has 0 aromatic heterocycles. The molecule has 10 heavy (non-hydrogen) atoms. The van der Waals surface area contributed by atoms with Gasteiger partial charge in [-0.1, -0.05) is 22.8 Å². The third-order valence-electron chi connectivity index (χ3n) is 0.834. The predicted octanol–water partition coefficient (Wildman–Crippen LogP) is 1.53. The van der Waals surface area contributed by atoms with Crippen LogP contribution in [-0.4, -0.2) is 23.4 Å². The average Bonchev–Trinajstić information content (AvgIpc) is 1.89. The summed E-state index contributed by atoms with van der Waals surface area (Å²) in [6.07, 6.45) is 2.44. The van der Waals surface area contributed by atoms with E-state index in [1.807, 2.05) is 0 Å². The van der Waals surface area contributed by atoms with Gasteiger partial charge in [0.2, 0.25) is 0 Å². The molecule has 0 aliphatic rings. The van der Waals surface area contributed by atoms with Crippen LogP contribution >= 0.6 is 28.5 Å². The van der Waals surface area contributed by atoms with E-state index >= 15 is 0 Å². The highest BCUT2D eigenvalue weighted by Crippen LogP contribution is 2.64. The summed E-state index contributed by atoms with van der Waals surface area (Å²) in [4.78, 5) is 8.99. The monoisotopic (exact) mass is 201 g/mol. The lowest BCUT2D eigenvalue weighted by Crippen LogP contribution is -1.98. The molecule has 3 nitrogen and oxygen atoms in total. The number of rotatable bonds is 5. The fraction of sp³-hybridized carbons (Fsp3) is 1.00. The van der Waals surface area contributed by atoms with E-state index in [-0.39, 0.29) is 0 Å². The van der Waals surface area contributed by atoms with E-state index in [1.165, 1.54) is 0 Å². The van der Waals surface area contributed by atoms with E-state index < -0.39 is 5.77 Å². The van der Waals surface area contributed by atoms with Crippen LogP contribution < -0.4 is 5.73 Å². The van der Waals surface area contributed by atoms with Crippen LogP contribution in [0.4, 0.5) is 0 Å². The van der Waals surface area contributed by atoms with Gasteiger partial charge in [-0.25, -0.2) is 0 Å². The molecule has 3 N–H and O–H groups in total. The van der Waals surface area contributed by atoms with Crippen molar-refractivity contribution < 1.29 is 9.46 Å². The lowest BCUT2D eigenvalue weighted by molar-refractivity contribution is 0.514. The highest BCUT2D eigenvalue weighted by atomic mass is 33.1. The normalized spacial score (nSPS) is 16.7. The standard InChI is InChI=1S/C4H12NO2PS2/c1-9-8(6,7)10-4-2-3-5/h2-5H2,1H3,(H,6,7). The Balaban J connectivity index is 3.38. The van der Waals surface area contributed by atoms with Gasteiger partial charge in [0.15, 0.2) is 0 Å². The second kappa shape index (κ2) is 5.49. The molecule has 0 saturated carbocycles. The predicted molar refractivity (Wildman–Crippen MR) is 49.5 cm³/mol. The van der Waals surface area contributed by atoms with E-state index in [9.17, 15) is 4.57 Å². The molecule has 0 aromatic rings. The number of hydrogen-bond acceptors (Lipinski definition) is 4. The Bertz CT molecular complexity index is 132. The zero-order valence-corrected chi connectivity index (χ0v) is 8.35. The van der Waals surface area contributed by atoms with Gasteiger partial charge >= 0.3 is 5.77 Å². The molecule has 1 unspecified atom stereocenters. The van der Waals surface area contributed by atoms with Gasteiger partial charge < -0.3 is 10.6 Å². The summed E-state index contributed by atoms with van der Waals surface area (Å²) in [5.41, 5.74) is 5.21. The molecule has 0 rings (SSSR count). The largest absolute Gasteiger partial charge is 0.330 e. The first-order chi connectivity index (χ1) is 4.62. The Labute approximate surface area is 69.1 Å². The van der Waals surface area contributed by atoms with Crippen molar-refractivity contribution in [1.82, 2.24) is 0 Å². The smallest absolute Gasteiger partial charge is 0.310 e. The number of nitrogens with two attached hydrogens (primary N) is 1. The second-order valence-corrected chi connectivity index (χ2v) is 9.13. The third kappa shape index (κ3) is 5.62. The van der Waals surface area contributed by atoms with Gasteiger partial charge in [-0.3, -0.25) is 4.57 Å². The van der Waals surface area contributed by atoms with E-state index in [4.69, 9.17) is 10.6 Å². The molecule has 0 amide bonds. The van der Waals surface area contributed by atoms with Crippen molar-refractivity contribution in [3.63, 3.8) is 0 Å². The van der Waals surface area contributed by atoms with Crippen molar-refractivity contribution in [2.45, 2.75) is 6.42 Å². The van der Waals surface area contributed by atoms with E-state index in [1.54, 1.807) is 6.26 Å². The molecule has 0 aliphatic heterocycles. The Morgan fingerprint density at radius 1 is 1.70 bits per heavy atom. The van der Waals surface area contributed by atoms with Crippen molar-refractivity contribution >= 4 is 28.5 Å². The van der Waals surface area contributed by atoms with Crippen LogP contribution in [-0.2, 0) is 4.57 Å². The Hall–Kier alpha value is 0.850. The van der Waals surface area contributed by atoms with Crippen LogP contribution in [0.25, 0.3) is 0 Å². The Morgan fingerprint density at radius 3 is 2.70 bits per heavy atom. The summed E-state index contributed by atoms with van der Waals surface area (Å²) in [5, 5.41) is 0. The van der Waals surface area contributed by atoms with Gasteiger partial charge in [0.05, 0.1) is 0 Å². The van der Waals surface area contributed by atoms with Gasteiger partial charge in [0, 0.05) is 5.75 Å². The summed E-state index contributed by atoms with van der Waals surface area (Å²) in [6.45, 7) is 0.585. The lowest BCUT2D eigenvalue weighted by atomic mass is 10.5. The zero-order chi connectivity index (χ0) is 8.04. The fourth-order valence-electron chi connectivity index (χ4n) is 0.316. The molecular weight excluding hydrogens is 189 g/mol. The molecule has 62 valence electrons. The summed E-state index contributed by atoms with van der Waals surface area (Å²) in [6, 6.07) is 0. The minimum absolute atomic E-state index is 0.585. The first kappa shape index (κ1) is 10.8. The first-order valence-corrected chi connectivity index (χ1v) is 7.93. The molecule has 0 bridgehead atoms. The lowest BCUT2D eigenvalue weighted by Gasteiger charge is -2.04. The fourth-order valence-corrected chi connectivity index (χ4v) is 3.96. The van der Waals surface area contributed by atoms with Crippen LogP contribution in [0.2, 0.25) is 0 Å². The van der Waals surface area contributed by atoms with Crippen LogP contribution in [0.5, 0.6) is 0 Å². The SMILES string of the molecule is CSP(=O)(O)SCCCN. The van der Waals surface area contributed by atoms with Crippen LogP contribution in [0.1, 0.15) is 6.42 Å². The van der Waals surface area contributed by atoms with Crippen LogP contribution in [0.3, 0.4) is 0 Å². The highest BCUT2D eigenvalue weighted by Gasteiger charge is 2.15. The molecule has 0 fully saturated rings. The molecule has 0 radical (unpaired) electrons. The minimum Gasteiger partial charge on any atom is -0.330 e. The van der Waals surface area contributed by atoms with Crippen molar-refractivity contribution in [2.75, 3.05) is 18.6 Å². The van der Waals surface area contributed by atoms with Gasteiger partial charge in [0.1, 0.15) is 0 Å². The Morgan fingerprint density at radius 2 is 2.30 bits per heavy atom. The molecule has 0 spiro atoms. The van der Waals surface area contributed by atoms with E-state index in [2.05, 4.69) is 0 Å². The molecule has 0 saturated heterocycles. The van der Waals surface area contributed by atoms with Gasteiger partial charge in [-0.2, -0.15) is 0 Å². The molecule has 6 heteroatoms. The number of hydrogen-bond donors (Lipinski definition) is 2. The molecular formula is C4H12NO2PS2. The molecule has 1 atom stereocenters. The summed E-state index contributed by atoms with van der Waals surface area (Å²) in [5.74, 6) is -2.25. The van der Waals surface area contributed by atoms with Gasteiger partial charge in [-0.05, 0) is 19.2 Å². The summed E-state index contributed by atoms with van der Waals surface area (Å²) >= 11 is 2.11. The second-order valence-electron chi connectivity index (χ2n) is 1.63.